The van der Waals surface area contributed by atoms with E-state index in [1.807, 2.05) is 0 Å². The fraction of sp³-hybridized carbons (Fsp3) is 0.438. The maximum absolute atomic E-state index is 4.53. The summed E-state index contributed by atoms with van der Waals surface area (Å²) in [7, 11) is 0. The first-order valence-corrected chi connectivity index (χ1v) is 7.17. The summed E-state index contributed by atoms with van der Waals surface area (Å²) in [5.74, 6) is 0. The van der Waals surface area contributed by atoms with Crippen LogP contribution in [0.15, 0.2) is 24.3 Å². The number of nitrogens with one attached hydrogen (secondary N) is 2. The van der Waals surface area contributed by atoms with Gasteiger partial charge in [0.2, 0.25) is 0 Å². The number of nitrogens with zero attached hydrogens (tertiary/aromatic N) is 1. The molecule has 1 saturated heterocycles. The van der Waals surface area contributed by atoms with Crippen molar-refractivity contribution in [3.8, 4) is 11.1 Å². The normalized spacial score (nSPS) is 18.9. The third-order valence-corrected chi connectivity index (χ3v) is 4.02. The van der Waals surface area contributed by atoms with Crippen molar-refractivity contribution in [3.63, 3.8) is 0 Å². The molecule has 19 heavy (non-hydrogen) atoms. The van der Waals surface area contributed by atoms with E-state index in [4.69, 9.17) is 0 Å². The van der Waals surface area contributed by atoms with Crippen molar-refractivity contribution >= 4 is 0 Å². The average molecular weight is 255 g/mol. The molecule has 2 aromatic rings. The molecule has 3 heteroatoms. The predicted octanol–water partition coefficient (Wildman–Crippen LogP) is 3.37. The molecule has 1 fully saturated rings. The van der Waals surface area contributed by atoms with Crippen molar-refractivity contribution in [1.29, 1.82) is 0 Å². The second-order valence-electron chi connectivity index (χ2n) is 5.31. The summed E-state index contributed by atoms with van der Waals surface area (Å²) in [6, 6.07) is 9.27. The summed E-state index contributed by atoms with van der Waals surface area (Å²) in [5.41, 5.74) is 6.27. The third kappa shape index (κ3) is 2.30. The number of benzene rings is 1. The van der Waals surface area contributed by atoms with E-state index in [1.54, 1.807) is 0 Å². The Hall–Kier alpha value is -1.61. The van der Waals surface area contributed by atoms with Crippen LogP contribution in [-0.4, -0.2) is 16.7 Å². The highest BCUT2D eigenvalue weighted by atomic mass is 15.1. The van der Waals surface area contributed by atoms with Crippen LogP contribution in [0.5, 0.6) is 0 Å². The summed E-state index contributed by atoms with van der Waals surface area (Å²) in [4.78, 5) is 0. The molecule has 1 aromatic heterocycles. The minimum atomic E-state index is 0.408. The first-order chi connectivity index (χ1) is 9.29. The zero-order valence-electron chi connectivity index (χ0n) is 11.7. The van der Waals surface area contributed by atoms with Gasteiger partial charge in [-0.05, 0) is 43.9 Å². The van der Waals surface area contributed by atoms with Crippen LogP contribution in [0.2, 0.25) is 0 Å². The quantitative estimate of drug-likeness (QED) is 0.882. The van der Waals surface area contributed by atoms with Crippen molar-refractivity contribution in [2.45, 2.75) is 39.2 Å². The lowest BCUT2D eigenvalue weighted by molar-refractivity contribution is 0.626. The molecule has 1 aliphatic rings. The van der Waals surface area contributed by atoms with Crippen LogP contribution in [0.1, 0.15) is 42.8 Å². The highest BCUT2D eigenvalue weighted by Crippen LogP contribution is 2.33. The molecule has 2 heterocycles. The average Bonchev–Trinajstić information content (AvgIpc) is 3.08. The number of aromatic nitrogens is 2. The first-order valence-electron chi connectivity index (χ1n) is 7.17. The lowest BCUT2D eigenvalue weighted by Crippen LogP contribution is -2.14. The van der Waals surface area contributed by atoms with E-state index in [2.05, 4.69) is 53.6 Å². The number of hydrogen-bond donors (Lipinski definition) is 2. The molecular weight excluding hydrogens is 234 g/mol. The van der Waals surface area contributed by atoms with Gasteiger partial charge in [-0.1, -0.05) is 31.2 Å². The van der Waals surface area contributed by atoms with Crippen molar-refractivity contribution in [3.05, 3.63) is 41.2 Å². The van der Waals surface area contributed by atoms with Gasteiger partial charge in [0, 0.05) is 11.3 Å². The van der Waals surface area contributed by atoms with E-state index >= 15 is 0 Å². The van der Waals surface area contributed by atoms with Gasteiger partial charge in [0.25, 0.3) is 0 Å². The second-order valence-corrected chi connectivity index (χ2v) is 5.31. The molecule has 100 valence electrons. The van der Waals surface area contributed by atoms with Crippen LogP contribution in [0.3, 0.4) is 0 Å². The predicted molar refractivity (Wildman–Crippen MR) is 78.1 cm³/mol. The Labute approximate surface area is 114 Å². The zero-order chi connectivity index (χ0) is 13.2. The van der Waals surface area contributed by atoms with Gasteiger partial charge < -0.3 is 5.32 Å². The van der Waals surface area contributed by atoms with E-state index in [0.29, 0.717) is 6.04 Å². The van der Waals surface area contributed by atoms with Crippen LogP contribution in [0, 0.1) is 6.92 Å². The molecule has 1 unspecified atom stereocenters. The largest absolute Gasteiger partial charge is 0.309 e. The van der Waals surface area contributed by atoms with Crippen molar-refractivity contribution in [2.24, 2.45) is 0 Å². The zero-order valence-corrected chi connectivity index (χ0v) is 11.7. The Balaban J connectivity index is 2.00. The molecule has 0 spiro atoms. The van der Waals surface area contributed by atoms with Crippen LogP contribution in [-0.2, 0) is 6.42 Å². The molecule has 1 aromatic carbocycles. The summed E-state index contributed by atoms with van der Waals surface area (Å²) < 4.78 is 0. The van der Waals surface area contributed by atoms with E-state index < -0.39 is 0 Å². The molecular formula is C16H21N3. The van der Waals surface area contributed by atoms with Gasteiger partial charge in [0.05, 0.1) is 11.7 Å². The highest BCUT2D eigenvalue weighted by Gasteiger charge is 2.23. The second kappa shape index (κ2) is 5.17. The van der Waals surface area contributed by atoms with Gasteiger partial charge in [0.15, 0.2) is 0 Å². The van der Waals surface area contributed by atoms with Crippen molar-refractivity contribution < 1.29 is 0 Å². The van der Waals surface area contributed by atoms with Gasteiger partial charge in [-0.3, -0.25) is 5.10 Å². The molecule has 0 saturated carbocycles. The van der Waals surface area contributed by atoms with Crippen LogP contribution >= 0.6 is 0 Å². The molecule has 0 radical (unpaired) electrons. The fourth-order valence-electron chi connectivity index (χ4n) is 2.89. The molecule has 2 N–H and O–H groups in total. The molecule has 0 amide bonds. The van der Waals surface area contributed by atoms with E-state index in [9.17, 15) is 0 Å². The van der Waals surface area contributed by atoms with Crippen LogP contribution in [0.25, 0.3) is 11.1 Å². The van der Waals surface area contributed by atoms with Gasteiger partial charge in [-0.15, -0.1) is 0 Å². The Morgan fingerprint density at radius 3 is 2.68 bits per heavy atom. The van der Waals surface area contributed by atoms with Crippen molar-refractivity contribution in [2.75, 3.05) is 6.54 Å². The summed E-state index contributed by atoms with van der Waals surface area (Å²) in [6.07, 6.45) is 3.51. The smallest absolute Gasteiger partial charge is 0.0872 e. The third-order valence-electron chi connectivity index (χ3n) is 4.02. The SMILES string of the molecule is CCc1ccc(-c2c(C3CCCN3)n[nH]c2C)cc1. The van der Waals surface area contributed by atoms with E-state index in [1.165, 1.54) is 35.2 Å². The van der Waals surface area contributed by atoms with Gasteiger partial charge in [-0.2, -0.15) is 5.10 Å². The summed E-state index contributed by atoms with van der Waals surface area (Å²) in [6.45, 7) is 5.39. The number of rotatable bonds is 3. The molecule has 3 rings (SSSR count). The maximum Gasteiger partial charge on any atom is 0.0872 e. The summed E-state index contributed by atoms with van der Waals surface area (Å²) in [5, 5.41) is 11.2. The minimum Gasteiger partial charge on any atom is -0.309 e. The van der Waals surface area contributed by atoms with Crippen molar-refractivity contribution in [1.82, 2.24) is 15.5 Å². The molecule has 3 nitrogen and oxygen atoms in total. The first kappa shape index (κ1) is 12.4. The Morgan fingerprint density at radius 1 is 1.26 bits per heavy atom. The minimum absolute atomic E-state index is 0.408. The summed E-state index contributed by atoms with van der Waals surface area (Å²) >= 11 is 0. The molecule has 0 aliphatic carbocycles. The Kier molecular flexibility index (Phi) is 3.38. The van der Waals surface area contributed by atoms with Crippen LogP contribution in [0.4, 0.5) is 0 Å². The van der Waals surface area contributed by atoms with E-state index in [-0.39, 0.29) is 0 Å². The number of aromatic amines is 1. The highest BCUT2D eigenvalue weighted by molar-refractivity contribution is 5.69. The lowest BCUT2D eigenvalue weighted by Gasteiger charge is -2.11. The lowest BCUT2D eigenvalue weighted by atomic mass is 9.97. The number of H-pyrrole nitrogens is 1. The van der Waals surface area contributed by atoms with Gasteiger partial charge in [0.1, 0.15) is 0 Å². The molecule has 1 aliphatic heterocycles. The standard InChI is InChI=1S/C16H21N3/c1-3-12-6-8-13(9-7-12)15-11(2)18-19-16(15)14-5-4-10-17-14/h6-9,14,17H,3-5,10H2,1-2H3,(H,18,19). The number of hydrogen-bond acceptors (Lipinski definition) is 2. The monoisotopic (exact) mass is 255 g/mol. The molecule has 0 bridgehead atoms. The topological polar surface area (TPSA) is 40.7 Å². The Morgan fingerprint density at radius 2 is 2.05 bits per heavy atom. The van der Waals surface area contributed by atoms with E-state index in [0.717, 1.165) is 18.7 Å². The Bertz CT molecular complexity index is 548. The molecule has 1 atom stereocenters. The maximum atomic E-state index is 4.53. The van der Waals surface area contributed by atoms with Gasteiger partial charge in [-0.25, -0.2) is 0 Å². The van der Waals surface area contributed by atoms with Gasteiger partial charge >= 0.3 is 0 Å². The van der Waals surface area contributed by atoms with Crippen LogP contribution < -0.4 is 5.32 Å². The fourth-order valence-corrected chi connectivity index (χ4v) is 2.89. The number of aryl methyl sites for hydroxylation is 2.